The van der Waals surface area contributed by atoms with E-state index >= 15 is 0 Å². The molecule has 0 fully saturated rings. The van der Waals surface area contributed by atoms with Crippen molar-refractivity contribution in [3.05, 3.63) is 0 Å². The Balaban J connectivity index is 4.02. The van der Waals surface area contributed by atoms with Crippen LogP contribution in [0.4, 0.5) is 0 Å². The van der Waals surface area contributed by atoms with Crippen molar-refractivity contribution in [3.8, 4) is 0 Å². The molecule has 0 aromatic carbocycles. The second kappa shape index (κ2) is 4.28. The summed E-state index contributed by atoms with van der Waals surface area (Å²) >= 11 is 11.5. The molecule has 1 nitrogen and oxygen atoms in total. The van der Waals surface area contributed by atoms with E-state index in [-0.39, 0.29) is 0 Å². The molecule has 0 saturated carbocycles. The molecule has 0 aromatic rings. The molecule has 0 amide bonds. The molecule has 0 rings (SSSR count). The fourth-order valence-corrected chi connectivity index (χ4v) is 8.20. The molecule has 5 heteroatoms. The maximum Gasteiger partial charge on any atom is 0.188 e. The number of halogens is 2. The standard InChI is InChI=1S/C6H16Cl2OSi2/c1-10(2,5-7)9-11(3,4)6-8/h5-6H2,1-4H3. The lowest BCUT2D eigenvalue weighted by Gasteiger charge is -2.30. The third-order valence-corrected chi connectivity index (χ3v) is 10.8. The Bertz CT molecular complexity index is 114. The van der Waals surface area contributed by atoms with Crippen LogP contribution in [0.15, 0.2) is 0 Å². The molecule has 11 heavy (non-hydrogen) atoms. The highest BCUT2D eigenvalue weighted by Gasteiger charge is 2.31. The highest BCUT2D eigenvalue weighted by Crippen LogP contribution is 2.16. The Morgan fingerprint density at radius 1 is 0.909 bits per heavy atom. The summed E-state index contributed by atoms with van der Waals surface area (Å²) in [5.74, 6) is 0. The highest BCUT2D eigenvalue weighted by atomic mass is 35.5. The van der Waals surface area contributed by atoms with E-state index in [1.54, 1.807) is 0 Å². The maximum atomic E-state index is 5.94. The lowest BCUT2D eigenvalue weighted by atomic mass is 11.8. The summed E-state index contributed by atoms with van der Waals surface area (Å²) in [5.41, 5.74) is 1.31. The summed E-state index contributed by atoms with van der Waals surface area (Å²) in [6.07, 6.45) is 0. The monoisotopic (exact) mass is 230 g/mol. The van der Waals surface area contributed by atoms with Crippen molar-refractivity contribution in [2.75, 3.05) is 11.0 Å². The van der Waals surface area contributed by atoms with Gasteiger partial charge in [0.25, 0.3) is 0 Å². The first-order chi connectivity index (χ1) is 4.83. The van der Waals surface area contributed by atoms with E-state index in [0.29, 0.717) is 11.0 Å². The van der Waals surface area contributed by atoms with Crippen LogP contribution in [-0.2, 0) is 4.12 Å². The zero-order valence-corrected chi connectivity index (χ0v) is 11.1. The van der Waals surface area contributed by atoms with Crippen LogP contribution in [0.1, 0.15) is 0 Å². The third-order valence-electron chi connectivity index (χ3n) is 1.20. The normalized spacial score (nSPS) is 13.6. The van der Waals surface area contributed by atoms with Crippen LogP contribution >= 0.6 is 23.2 Å². The molecule has 0 bridgehead atoms. The lowest BCUT2D eigenvalue weighted by Crippen LogP contribution is -2.47. The quantitative estimate of drug-likeness (QED) is 0.534. The first kappa shape index (κ1) is 12.0. The van der Waals surface area contributed by atoms with Crippen LogP contribution < -0.4 is 0 Å². The maximum absolute atomic E-state index is 5.94. The summed E-state index contributed by atoms with van der Waals surface area (Å²) in [4.78, 5) is 0. The van der Waals surface area contributed by atoms with E-state index in [1.165, 1.54) is 0 Å². The topological polar surface area (TPSA) is 9.23 Å². The number of hydrogen-bond donors (Lipinski definition) is 0. The van der Waals surface area contributed by atoms with Crippen molar-refractivity contribution in [1.29, 1.82) is 0 Å². The molecule has 0 heterocycles. The second-order valence-electron chi connectivity index (χ2n) is 3.89. The van der Waals surface area contributed by atoms with Gasteiger partial charge in [0.1, 0.15) is 0 Å². The molecule has 0 aliphatic carbocycles. The molecule has 0 aliphatic rings. The Morgan fingerprint density at radius 3 is 1.36 bits per heavy atom. The van der Waals surface area contributed by atoms with Gasteiger partial charge in [0.2, 0.25) is 0 Å². The Hall–Kier alpha value is 0.974. The van der Waals surface area contributed by atoms with Crippen LogP contribution in [0.3, 0.4) is 0 Å². The Morgan fingerprint density at radius 2 is 1.18 bits per heavy atom. The first-order valence-electron chi connectivity index (χ1n) is 3.65. The smallest absolute Gasteiger partial charge is 0.188 e. The molecule has 0 N–H and O–H groups in total. The fourth-order valence-electron chi connectivity index (χ4n) is 0.803. The van der Waals surface area contributed by atoms with Crippen molar-refractivity contribution < 1.29 is 4.12 Å². The number of rotatable bonds is 4. The van der Waals surface area contributed by atoms with Gasteiger partial charge in [-0.1, -0.05) is 0 Å². The zero-order valence-electron chi connectivity index (χ0n) is 7.58. The van der Waals surface area contributed by atoms with E-state index in [9.17, 15) is 0 Å². The molecule has 0 aliphatic heterocycles. The molecular weight excluding hydrogens is 215 g/mol. The van der Waals surface area contributed by atoms with Crippen molar-refractivity contribution >= 4 is 39.8 Å². The predicted octanol–water partition coefficient (Wildman–Crippen LogP) is 2.97. The van der Waals surface area contributed by atoms with Crippen molar-refractivity contribution in [3.63, 3.8) is 0 Å². The molecule has 0 atom stereocenters. The summed E-state index contributed by atoms with van der Waals surface area (Å²) in [7, 11) is -3.18. The van der Waals surface area contributed by atoms with Crippen LogP contribution in [0.2, 0.25) is 26.2 Å². The summed E-state index contributed by atoms with van der Waals surface area (Å²) in [6, 6.07) is 0. The largest absolute Gasteiger partial charge is 0.454 e. The van der Waals surface area contributed by atoms with Gasteiger partial charge in [-0.05, 0) is 26.2 Å². The van der Waals surface area contributed by atoms with E-state index in [2.05, 4.69) is 26.2 Å². The minimum absolute atomic E-state index is 0.653. The number of hydrogen-bond acceptors (Lipinski definition) is 1. The van der Waals surface area contributed by atoms with Gasteiger partial charge in [-0.3, -0.25) is 0 Å². The molecular formula is C6H16Cl2OSi2. The minimum atomic E-state index is -1.59. The molecule has 0 radical (unpaired) electrons. The van der Waals surface area contributed by atoms with Gasteiger partial charge in [0.15, 0.2) is 16.6 Å². The average molecular weight is 231 g/mol. The second-order valence-corrected chi connectivity index (χ2v) is 13.9. The minimum Gasteiger partial charge on any atom is -0.454 e. The molecule has 0 unspecified atom stereocenters. The Labute approximate surface area is 81.3 Å². The molecule has 0 aromatic heterocycles. The van der Waals surface area contributed by atoms with Crippen LogP contribution in [0.5, 0.6) is 0 Å². The van der Waals surface area contributed by atoms with Crippen LogP contribution in [0.25, 0.3) is 0 Å². The third kappa shape index (κ3) is 5.25. The summed E-state index contributed by atoms with van der Waals surface area (Å²) in [6.45, 7) is 8.51. The van der Waals surface area contributed by atoms with E-state index in [0.717, 1.165) is 0 Å². The number of alkyl halides is 2. The SMILES string of the molecule is C[Si](C)(CCl)O[Si](C)(C)CCl. The van der Waals surface area contributed by atoms with Crippen LogP contribution in [-0.4, -0.2) is 27.6 Å². The fraction of sp³-hybridized carbons (Fsp3) is 1.00. The van der Waals surface area contributed by atoms with Crippen molar-refractivity contribution in [2.45, 2.75) is 26.2 Å². The molecule has 0 saturated heterocycles. The van der Waals surface area contributed by atoms with Gasteiger partial charge in [-0.15, -0.1) is 23.2 Å². The van der Waals surface area contributed by atoms with Crippen molar-refractivity contribution in [2.24, 2.45) is 0 Å². The van der Waals surface area contributed by atoms with Gasteiger partial charge in [-0.2, -0.15) is 0 Å². The van der Waals surface area contributed by atoms with E-state index in [4.69, 9.17) is 27.3 Å². The summed E-state index contributed by atoms with van der Waals surface area (Å²) < 4.78 is 5.94. The van der Waals surface area contributed by atoms with E-state index in [1.807, 2.05) is 0 Å². The van der Waals surface area contributed by atoms with Gasteiger partial charge in [-0.25, -0.2) is 0 Å². The van der Waals surface area contributed by atoms with Gasteiger partial charge in [0, 0.05) is 11.0 Å². The van der Waals surface area contributed by atoms with Gasteiger partial charge >= 0.3 is 0 Å². The zero-order chi connectivity index (χ0) is 9.12. The Kier molecular flexibility index (Phi) is 4.66. The van der Waals surface area contributed by atoms with Crippen molar-refractivity contribution in [1.82, 2.24) is 0 Å². The lowest BCUT2D eigenvalue weighted by molar-refractivity contribution is 0.555. The van der Waals surface area contributed by atoms with Gasteiger partial charge in [0.05, 0.1) is 0 Å². The van der Waals surface area contributed by atoms with Gasteiger partial charge < -0.3 is 4.12 Å². The van der Waals surface area contributed by atoms with Crippen LogP contribution in [0, 0.1) is 0 Å². The summed E-state index contributed by atoms with van der Waals surface area (Å²) in [5, 5.41) is 0. The average Bonchev–Trinajstić information content (AvgIpc) is 1.86. The predicted molar refractivity (Wildman–Crippen MR) is 57.5 cm³/mol. The molecule has 0 spiro atoms. The molecule has 68 valence electrons. The highest BCUT2D eigenvalue weighted by molar-refractivity contribution is 6.89. The first-order valence-corrected chi connectivity index (χ1v) is 10.9. The van der Waals surface area contributed by atoms with E-state index < -0.39 is 16.6 Å².